The molecule has 142 valence electrons. The monoisotopic (exact) mass is 416 g/mol. The van der Waals surface area contributed by atoms with Crippen LogP contribution in [0.5, 0.6) is 5.75 Å². The van der Waals surface area contributed by atoms with Crippen molar-refractivity contribution in [1.29, 1.82) is 0 Å². The topological polar surface area (TPSA) is 102 Å². The highest BCUT2D eigenvalue weighted by Crippen LogP contribution is 2.22. The van der Waals surface area contributed by atoms with Gasteiger partial charge in [-0.05, 0) is 36.4 Å². The second-order valence-electron chi connectivity index (χ2n) is 5.63. The van der Waals surface area contributed by atoms with Crippen molar-refractivity contribution >= 4 is 46.6 Å². The molecule has 1 N–H and O–H groups in total. The highest BCUT2D eigenvalue weighted by atomic mass is 35.5. The summed E-state index contributed by atoms with van der Waals surface area (Å²) in [7, 11) is 1.53. The number of nitrogens with zero attached hydrogens (tertiary/aromatic N) is 1. The molecule has 0 spiro atoms. The maximum absolute atomic E-state index is 12.3. The van der Waals surface area contributed by atoms with Crippen LogP contribution in [0.15, 0.2) is 47.3 Å². The van der Waals surface area contributed by atoms with Gasteiger partial charge in [0, 0.05) is 34.4 Å². The number of nitrogens with one attached hydrogen (secondary N) is 1. The number of methoxy groups -OCH3 is 1. The molecule has 0 saturated heterocycles. The minimum absolute atomic E-state index is 0.134. The number of carbonyl (C=O) groups is 1. The van der Waals surface area contributed by atoms with Crippen molar-refractivity contribution in [3.05, 3.63) is 88.3 Å². The number of aromatic nitrogens is 1. The zero-order valence-corrected chi connectivity index (χ0v) is 16.0. The second-order valence-corrected chi connectivity index (χ2v) is 7.12. The molecular formula is C19H13ClN2O5S. The van der Waals surface area contributed by atoms with Gasteiger partial charge in [0.15, 0.2) is 5.78 Å². The van der Waals surface area contributed by atoms with Crippen molar-refractivity contribution in [2.75, 3.05) is 7.11 Å². The first kappa shape index (κ1) is 19.5. The molecule has 28 heavy (non-hydrogen) atoms. The molecule has 1 heterocycles. The predicted octanol–water partition coefficient (Wildman–Crippen LogP) is 2.50. The number of nitro benzene ring substituents is 1. The van der Waals surface area contributed by atoms with Crippen LogP contribution in [0.4, 0.5) is 5.69 Å². The van der Waals surface area contributed by atoms with E-state index in [0.717, 1.165) is 11.3 Å². The Kier molecular flexibility index (Phi) is 5.72. The lowest BCUT2D eigenvalue weighted by molar-refractivity contribution is -0.384. The maximum Gasteiger partial charge on any atom is 0.270 e. The molecule has 9 heteroatoms. The lowest BCUT2D eigenvalue weighted by atomic mass is 10.1. The standard InChI is InChI=1S/C19H13ClN2O5S/c1-27-14-5-2-11(3-6-14)16(23)10-18-21-19(24)17(28-18)9-12-8-13(22(25)26)4-7-15(12)20/h2-10H,1H3,(H,21,24). The minimum Gasteiger partial charge on any atom is -0.497 e. The number of H-pyrrole nitrogens is 1. The molecule has 0 aliphatic carbocycles. The van der Waals surface area contributed by atoms with Gasteiger partial charge >= 0.3 is 0 Å². The number of hydrogen-bond acceptors (Lipinski definition) is 6. The summed E-state index contributed by atoms with van der Waals surface area (Å²) < 4.78 is 5.69. The van der Waals surface area contributed by atoms with Crippen LogP contribution >= 0.6 is 22.9 Å². The number of aromatic amines is 1. The van der Waals surface area contributed by atoms with Gasteiger partial charge in [0.25, 0.3) is 11.2 Å². The van der Waals surface area contributed by atoms with Gasteiger partial charge < -0.3 is 9.72 Å². The highest BCUT2D eigenvalue weighted by Gasteiger charge is 2.09. The first-order valence-electron chi connectivity index (χ1n) is 7.92. The predicted molar refractivity (Wildman–Crippen MR) is 108 cm³/mol. The van der Waals surface area contributed by atoms with E-state index in [1.165, 1.54) is 37.5 Å². The molecule has 0 atom stereocenters. The van der Waals surface area contributed by atoms with Crippen molar-refractivity contribution in [2.45, 2.75) is 0 Å². The largest absolute Gasteiger partial charge is 0.497 e. The van der Waals surface area contributed by atoms with Crippen molar-refractivity contribution in [3.63, 3.8) is 0 Å². The summed E-state index contributed by atoms with van der Waals surface area (Å²) in [5.74, 6) is 0.354. The number of thiazole rings is 1. The Morgan fingerprint density at radius 1 is 1.25 bits per heavy atom. The van der Waals surface area contributed by atoms with E-state index in [4.69, 9.17) is 16.3 Å². The Labute approximate surface area is 167 Å². The van der Waals surface area contributed by atoms with E-state index in [-0.39, 0.29) is 21.0 Å². The van der Waals surface area contributed by atoms with E-state index in [1.54, 1.807) is 24.3 Å². The molecule has 0 radical (unpaired) electrons. The minimum atomic E-state index is -0.543. The molecule has 2 aromatic carbocycles. The van der Waals surface area contributed by atoms with Crippen molar-refractivity contribution in [3.8, 4) is 5.75 Å². The fourth-order valence-electron chi connectivity index (χ4n) is 2.38. The Bertz CT molecular complexity index is 1230. The number of carbonyl (C=O) groups excluding carboxylic acids is 1. The fourth-order valence-corrected chi connectivity index (χ4v) is 3.43. The number of Topliss-reactive ketones (excluding diaryl/α,β-unsaturated/α-hetero) is 1. The van der Waals surface area contributed by atoms with E-state index >= 15 is 0 Å². The van der Waals surface area contributed by atoms with E-state index < -0.39 is 10.5 Å². The van der Waals surface area contributed by atoms with Crippen LogP contribution in [0, 0.1) is 10.1 Å². The van der Waals surface area contributed by atoms with Gasteiger partial charge in [-0.2, -0.15) is 0 Å². The first-order valence-corrected chi connectivity index (χ1v) is 9.12. The number of hydrogen-bond donors (Lipinski definition) is 1. The number of benzene rings is 2. The van der Waals surface area contributed by atoms with Gasteiger partial charge in [-0.1, -0.05) is 11.6 Å². The Morgan fingerprint density at radius 2 is 1.96 bits per heavy atom. The van der Waals surface area contributed by atoms with Gasteiger partial charge in [0.1, 0.15) is 5.75 Å². The third-order valence-electron chi connectivity index (χ3n) is 3.79. The van der Waals surface area contributed by atoms with Gasteiger partial charge in [0.05, 0.1) is 21.2 Å². The molecule has 1 aromatic heterocycles. The van der Waals surface area contributed by atoms with E-state index in [9.17, 15) is 19.7 Å². The quantitative estimate of drug-likeness (QED) is 0.391. The average Bonchev–Trinajstić information content (AvgIpc) is 3.02. The summed E-state index contributed by atoms with van der Waals surface area (Å²) in [6.07, 6.45) is 2.77. The number of non-ortho nitro benzene ring substituents is 1. The molecular weight excluding hydrogens is 404 g/mol. The molecule has 0 unspecified atom stereocenters. The van der Waals surface area contributed by atoms with E-state index in [1.807, 2.05) is 0 Å². The molecule has 3 aromatic rings. The number of rotatable bonds is 5. The Morgan fingerprint density at radius 3 is 2.61 bits per heavy atom. The average molecular weight is 417 g/mol. The van der Waals surface area contributed by atoms with Crippen molar-refractivity contribution in [1.82, 2.24) is 4.98 Å². The van der Waals surface area contributed by atoms with Crippen molar-refractivity contribution in [2.24, 2.45) is 0 Å². The van der Waals surface area contributed by atoms with E-state index in [2.05, 4.69) is 4.98 Å². The number of nitro groups is 1. The van der Waals surface area contributed by atoms with Crippen LogP contribution in [0.25, 0.3) is 12.2 Å². The fraction of sp³-hybridized carbons (Fsp3) is 0.0526. The number of halogens is 1. The Balaban J connectivity index is 1.99. The van der Waals surface area contributed by atoms with Crippen molar-refractivity contribution < 1.29 is 14.5 Å². The van der Waals surface area contributed by atoms with Gasteiger partial charge in [0.2, 0.25) is 0 Å². The molecule has 0 fully saturated rings. The van der Waals surface area contributed by atoms with Gasteiger partial charge in [-0.25, -0.2) is 0 Å². The smallest absolute Gasteiger partial charge is 0.270 e. The van der Waals surface area contributed by atoms with Gasteiger partial charge in [-0.15, -0.1) is 11.3 Å². The van der Waals surface area contributed by atoms with Crippen LogP contribution in [0.3, 0.4) is 0 Å². The lowest BCUT2D eigenvalue weighted by Gasteiger charge is -1.99. The van der Waals surface area contributed by atoms with Crippen LogP contribution in [0.2, 0.25) is 5.02 Å². The van der Waals surface area contributed by atoms with E-state index in [0.29, 0.717) is 21.5 Å². The third-order valence-corrected chi connectivity index (χ3v) is 5.10. The second kappa shape index (κ2) is 8.20. The highest BCUT2D eigenvalue weighted by molar-refractivity contribution is 7.07. The summed E-state index contributed by atoms with van der Waals surface area (Å²) in [6, 6.07) is 10.5. The molecule has 0 aliphatic rings. The molecule has 0 amide bonds. The summed E-state index contributed by atoms with van der Waals surface area (Å²) in [6.45, 7) is 0. The van der Waals surface area contributed by atoms with Crippen LogP contribution in [-0.4, -0.2) is 22.8 Å². The molecule has 0 bridgehead atoms. The molecule has 0 aliphatic heterocycles. The lowest BCUT2D eigenvalue weighted by Crippen LogP contribution is -2.20. The summed E-state index contributed by atoms with van der Waals surface area (Å²) in [4.78, 5) is 37.5. The summed E-state index contributed by atoms with van der Waals surface area (Å²) in [5.41, 5.74) is 0.241. The third kappa shape index (κ3) is 4.36. The number of ketones is 1. The van der Waals surface area contributed by atoms with Crippen LogP contribution < -0.4 is 19.5 Å². The molecule has 7 nitrogen and oxygen atoms in total. The van der Waals surface area contributed by atoms with Gasteiger partial charge in [-0.3, -0.25) is 19.7 Å². The zero-order chi connectivity index (χ0) is 20.3. The summed E-state index contributed by atoms with van der Waals surface area (Å²) in [5, 5.41) is 11.2. The summed E-state index contributed by atoms with van der Waals surface area (Å²) >= 11 is 7.12. The molecule has 0 saturated carbocycles. The zero-order valence-electron chi connectivity index (χ0n) is 14.5. The maximum atomic E-state index is 12.3. The van der Waals surface area contributed by atoms with Crippen LogP contribution in [0.1, 0.15) is 15.9 Å². The normalized spacial score (nSPS) is 12.2. The Hall–Kier alpha value is -3.23. The first-order chi connectivity index (χ1) is 13.4. The van der Waals surface area contributed by atoms with Crippen LogP contribution in [-0.2, 0) is 0 Å². The SMILES string of the molecule is COc1ccc(C(=O)C=c2[nH]c(=O)c(=Cc3cc([N+](=O)[O-])ccc3Cl)s2)cc1. The number of ether oxygens (including phenoxy) is 1. The molecule has 3 rings (SSSR count).